The van der Waals surface area contributed by atoms with Gasteiger partial charge in [-0.25, -0.2) is 9.97 Å². The van der Waals surface area contributed by atoms with Crippen LogP contribution in [-0.4, -0.2) is 93.9 Å². The van der Waals surface area contributed by atoms with Gasteiger partial charge in [-0.3, -0.25) is 0 Å². The summed E-state index contributed by atoms with van der Waals surface area (Å²) in [5.74, 6) is 0. The van der Waals surface area contributed by atoms with Crippen molar-refractivity contribution in [3.8, 4) is 0 Å². The average Bonchev–Trinajstić information content (AvgIpc) is 3.95. The first-order valence-electron chi connectivity index (χ1n) is 17.9. The Hall–Kier alpha value is -5.76. The van der Waals surface area contributed by atoms with Gasteiger partial charge in [0.15, 0.2) is 0 Å². The van der Waals surface area contributed by atoms with Crippen molar-refractivity contribution in [2.24, 2.45) is 0 Å². The van der Waals surface area contributed by atoms with E-state index in [9.17, 15) is 0 Å². The van der Waals surface area contributed by atoms with Crippen molar-refractivity contribution >= 4 is 62.6 Å². The van der Waals surface area contributed by atoms with Crippen molar-refractivity contribution in [1.29, 1.82) is 0 Å². The molecule has 0 amide bonds. The van der Waals surface area contributed by atoms with Gasteiger partial charge >= 0.3 is 0 Å². The van der Waals surface area contributed by atoms with Crippen LogP contribution >= 0.6 is 0 Å². The molecule has 9 heteroatoms. The average molecular weight is 738 g/mol. The van der Waals surface area contributed by atoms with Gasteiger partial charge in [-0.15, -0.1) is 0 Å². The van der Waals surface area contributed by atoms with Crippen LogP contribution in [0.2, 0.25) is 0 Å². The molecule has 3 aromatic rings. The van der Waals surface area contributed by atoms with E-state index in [2.05, 4.69) is 180 Å². The summed E-state index contributed by atoms with van der Waals surface area (Å²) in [5.41, 5.74) is 16.9. The molecule has 1 radical (unpaired) electrons. The molecule has 0 saturated heterocycles. The molecule has 2 N–H and O–H groups in total. The van der Waals surface area contributed by atoms with Crippen LogP contribution in [0.4, 0.5) is 0 Å². The first-order chi connectivity index (χ1) is 25.3. The smallest absolute Gasteiger partial charge is 0.0815 e. The Morgan fingerprint density at radius 3 is 1.55 bits per heavy atom. The van der Waals surface area contributed by atoms with E-state index < -0.39 is 0 Å². The van der Waals surface area contributed by atoms with Crippen molar-refractivity contribution in [2.45, 2.75) is 0 Å². The van der Waals surface area contributed by atoms with E-state index in [4.69, 9.17) is 9.97 Å². The van der Waals surface area contributed by atoms with E-state index in [-0.39, 0.29) is 17.1 Å². The predicted octanol–water partition coefficient (Wildman–Crippen LogP) is 7.94. The maximum Gasteiger partial charge on any atom is 0.0815 e. The molecule has 53 heavy (non-hydrogen) atoms. The number of hydrogen-bond donors (Lipinski definition) is 2. The number of allylic oxidation sites excluding steroid dienone is 9. The monoisotopic (exact) mass is 737 g/mol. The fourth-order valence-corrected chi connectivity index (χ4v) is 7.42. The first kappa shape index (κ1) is 34.3. The summed E-state index contributed by atoms with van der Waals surface area (Å²) in [4.78, 5) is 27.0. The minimum Gasteiger partial charge on any atom is -0.377 e. The van der Waals surface area contributed by atoms with Crippen LogP contribution in [0.15, 0.2) is 109 Å². The van der Waals surface area contributed by atoms with Crippen LogP contribution in [0, 0.1) is 0 Å². The maximum absolute atomic E-state index is 5.52. The van der Waals surface area contributed by atoms with Gasteiger partial charge in [0.1, 0.15) is 0 Å². The summed E-state index contributed by atoms with van der Waals surface area (Å²) in [6.45, 7) is 3.28. The number of aromatic nitrogens is 4. The molecule has 9 heterocycles. The fraction of sp³-hybridized carbons (Fsp3) is 0.182. The van der Waals surface area contributed by atoms with Crippen molar-refractivity contribution in [2.75, 3.05) is 54.4 Å². The van der Waals surface area contributed by atoms with Crippen LogP contribution in [-0.2, 0) is 17.1 Å². The molecule has 0 saturated carbocycles. The summed E-state index contributed by atoms with van der Waals surface area (Å²) < 4.78 is 0. The third kappa shape index (κ3) is 6.70. The van der Waals surface area contributed by atoms with E-state index in [1.54, 1.807) is 0 Å². The zero-order chi connectivity index (χ0) is 35.3. The minimum atomic E-state index is 0. The van der Waals surface area contributed by atoms with Crippen molar-refractivity contribution in [3.63, 3.8) is 0 Å². The molecule has 0 atom stereocenters. The molecule has 0 aromatic carbocycles. The van der Waals surface area contributed by atoms with Gasteiger partial charge in [0.25, 0.3) is 0 Å². The number of fused-ring (bicyclic) bond motifs is 8. The molecule has 265 valence electrons. The minimum absolute atomic E-state index is 0. The standard InChI is InChI=1S/C44H42N8.Mn/c1-49-17-9-29(10-18-49)38-27-37-26-35-6-5-33(45-35)25-34-7-8-36(46-34)28-39-40(30-11-19-50(2)20-12-30)41(31-13-21-51(3)22-14-31)44(48-39)42(43(38)47-37)32-15-23-52(4)24-16-32;/h5-17,19,21,23,25-28,45,48H,18,20,22,24H2,1-4H3;. The fourth-order valence-electron chi connectivity index (χ4n) is 7.42. The zero-order valence-electron chi connectivity index (χ0n) is 30.4. The van der Waals surface area contributed by atoms with Crippen molar-refractivity contribution in [1.82, 2.24) is 39.5 Å². The van der Waals surface area contributed by atoms with E-state index >= 15 is 0 Å². The Morgan fingerprint density at radius 1 is 0.509 bits per heavy atom. The second kappa shape index (κ2) is 14.0. The van der Waals surface area contributed by atoms with Crippen molar-refractivity contribution in [3.05, 3.63) is 149 Å². The van der Waals surface area contributed by atoms with E-state index in [1.165, 1.54) is 27.8 Å². The molecular formula is C44H42MnN8. The van der Waals surface area contributed by atoms with Gasteiger partial charge in [-0.2, -0.15) is 0 Å². The van der Waals surface area contributed by atoms with E-state index in [1.807, 2.05) is 0 Å². The molecule has 8 nitrogen and oxygen atoms in total. The largest absolute Gasteiger partial charge is 0.377 e. The van der Waals surface area contributed by atoms with E-state index in [0.29, 0.717) is 0 Å². The number of likely N-dealkylation sites (N-methyl/N-ethyl adjacent to an activating group) is 4. The Kier molecular flexibility index (Phi) is 9.06. The third-order valence-corrected chi connectivity index (χ3v) is 10.2. The summed E-state index contributed by atoms with van der Waals surface area (Å²) in [7, 11) is 8.45. The molecule has 6 aliphatic heterocycles. The number of nitrogens with zero attached hydrogens (tertiary/aromatic N) is 6. The SMILES string of the molecule is CN1C=CC(C2=Cc3cc4ccc(cc5nc(cc6[nH]c(c(C7=CCN(C)C=C7)c2n3)c(C2=CCN(C)C=C2)c6C2=CCN(C)C=C2)C=C5)[nH]4)=CC1.[Mn]. The molecule has 9 rings (SSSR count). The Morgan fingerprint density at radius 2 is 1.00 bits per heavy atom. The number of hydrogen-bond acceptors (Lipinski definition) is 6. The third-order valence-electron chi connectivity index (χ3n) is 10.2. The number of rotatable bonds is 4. The van der Waals surface area contributed by atoms with Gasteiger partial charge in [0, 0.05) is 110 Å². The van der Waals surface area contributed by atoms with Crippen molar-refractivity contribution < 1.29 is 17.1 Å². The normalized spacial score (nSPS) is 17.8. The van der Waals surface area contributed by atoms with Gasteiger partial charge in [-0.05, 0) is 120 Å². The zero-order valence-corrected chi connectivity index (χ0v) is 31.6. The first-order valence-corrected chi connectivity index (χ1v) is 17.9. The summed E-state index contributed by atoms with van der Waals surface area (Å²) >= 11 is 0. The Bertz CT molecular complexity index is 2490. The maximum atomic E-state index is 5.52. The number of H-pyrrole nitrogens is 2. The van der Waals surface area contributed by atoms with Crippen LogP contribution < -0.4 is 0 Å². The molecule has 3 aromatic heterocycles. The van der Waals surface area contributed by atoms with Gasteiger partial charge in [0.2, 0.25) is 0 Å². The topological polar surface area (TPSA) is 70.3 Å². The quantitative estimate of drug-likeness (QED) is 0.208. The summed E-state index contributed by atoms with van der Waals surface area (Å²) in [5, 5.41) is 0. The molecule has 0 fully saturated rings. The summed E-state index contributed by atoms with van der Waals surface area (Å²) in [6.07, 6.45) is 33.4. The van der Waals surface area contributed by atoms with Crippen LogP contribution in [0.3, 0.4) is 0 Å². The number of aromatic amines is 2. The Labute approximate surface area is 321 Å². The second-order valence-corrected chi connectivity index (χ2v) is 14.2. The molecule has 8 bridgehead atoms. The van der Waals surface area contributed by atoms with Gasteiger partial charge in [0.05, 0.1) is 28.3 Å². The van der Waals surface area contributed by atoms with Gasteiger partial charge in [-0.1, -0.05) is 24.3 Å². The molecule has 0 unspecified atom stereocenters. The second-order valence-electron chi connectivity index (χ2n) is 14.2. The molecule has 0 aliphatic carbocycles. The molecule has 0 spiro atoms. The van der Waals surface area contributed by atoms with Gasteiger partial charge < -0.3 is 29.6 Å². The van der Waals surface area contributed by atoms with Crippen LogP contribution in [0.5, 0.6) is 0 Å². The van der Waals surface area contributed by atoms with Crippen LogP contribution in [0.25, 0.3) is 62.6 Å². The Balaban J connectivity index is 0.00000400. The van der Waals surface area contributed by atoms with E-state index in [0.717, 1.165) is 87.7 Å². The molecular weight excluding hydrogens is 695 g/mol. The summed E-state index contributed by atoms with van der Waals surface area (Å²) in [6, 6.07) is 10.7. The molecule has 6 aliphatic rings. The number of nitrogens with one attached hydrogen (secondary N) is 2. The van der Waals surface area contributed by atoms with Crippen LogP contribution in [0.1, 0.15) is 39.5 Å². The predicted molar refractivity (Wildman–Crippen MR) is 217 cm³/mol.